The standard InChI is InChI=1S/C24H27ClN2O3/c1-5-27(6-2)20(17-9-7-8-10-19(17)25)14-26-24(29)23-13-21(28)18-11-15(3)16(4)12-22(18)30-23/h7-13,20H,5-6,14H2,1-4H3,(H,26,29)/t20-/m1/s1. The second-order valence-electron chi connectivity index (χ2n) is 7.38. The van der Waals surface area contributed by atoms with Crippen molar-refractivity contribution >= 4 is 28.5 Å². The first-order chi connectivity index (χ1) is 14.3. The zero-order valence-corrected chi connectivity index (χ0v) is 18.5. The summed E-state index contributed by atoms with van der Waals surface area (Å²) in [6, 6.07) is 12.4. The highest BCUT2D eigenvalue weighted by atomic mass is 35.5. The van der Waals surface area contributed by atoms with Crippen molar-refractivity contribution < 1.29 is 9.21 Å². The molecule has 3 rings (SSSR count). The van der Waals surface area contributed by atoms with Crippen molar-refractivity contribution in [3.63, 3.8) is 0 Å². The number of amides is 1. The van der Waals surface area contributed by atoms with Crippen molar-refractivity contribution in [2.24, 2.45) is 0 Å². The van der Waals surface area contributed by atoms with E-state index in [9.17, 15) is 9.59 Å². The number of rotatable bonds is 7. The third-order valence-corrected chi connectivity index (χ3v) is 5.88. The van der Waals surface area contributed by atoms with Crippen molar-refractivity contribution in [1.82, 2.24) is 10.2 Å². The predicted molar refractivity (Wildman–Crippen MR) is 121 cm³/mol. The van der Waals surface area contributed by atoms with Gasteiger partial charge in [-0.05, 0) is 61.8 Å². The molecule has 3 aromatic rings. The van der Waals surface area contributed by atoms with Crippen molar-refractivity contribution in [1.29, 1.82) is 0 Å². The van der Waals surface area contributed by atoms with Crippen LogP contribution in [0.15, 0.2) is 51.7 Å². The molecular weight excluding hydrogens is 400 g/mol. The molecule has 0 aliphatic rings. The maximum Gasteiger partial charge on any atom is 0.287 e. The van der Waals surface area contributed by atoms with Crippen LogP contribution in [-0.4, -0.2) is 30.4 Å². The summed E-state index contributed by atoms with van der Waals surface area (Å²) in [5.74, 6) is -0.412. The topological polar surface area (TPSA) is 62.6 Å². The molecule has 158 valence electrons. The number of hydrogen-bond acceptors (Lipinski definition) is 4. The molecule has 0 unspecified atom stereocenters. The van der Waals surface area contributed by atoms with Gasteiger partial charge in [-0.1, -0.05) is 43.6 Å². The second-order valence-corrected chi connectivity index (χ2v) is 7.78. The first kappa shape index (κ1) is 22.1. The first-order valence-corrected chi connectivity index (χ1v) is 10.5. The fraction of sp³-hybridized carbons (Fsp3) is 0.333. The number of benzene rings is 2. The fourth-order valence-corrected chi connectivity index (χ4v) is 3.91. The number of likely N-dealkylation sites (N-methyl/N-ethyl adjacent to an activating group) is 1. The maximum atomic E-state index is 12.8. The monoisotopic (exact) mass is 426 g/mol. The molecule has 1 aromatic heterocycles. The summed E-state index contributed by atoms with van der Waals surface area (Å²) in [6.07, 6.45) is 0. The van der Waals surface area contributed by atoms with Crippen LogP contribution in [0.3, 0.4) is 0 Å². The minimum absolute atomic E-state index is 0.00760. The Bertz CT molecular complexity index is 1120. The summed E-state index contributed by atoms with van der Waals surface area (Å²) in [7, 11) is 0. The van der Waals surface area contributed by atoms with Crippen LogP contribution in [0.5, 0.6) is 0 Å². The average molecular weight is 427 g/mol. The molecule has 6 heteroatoms. The summed E-state index contributed by atoms with van der Waals surface area (Å²) in [4.78, 5) is 27.6. The van der Waals surface area contributed by atoms with Gasteiger partial charge in [-0.15, -0.1) is 0 Å². The van der Waals surface area contributed by atoms with Crippen molar-refractivity contribution in [2.75, 3.05) is 19.6 Å². The molecule has 5 nitrogen and oxygen atoms in total. The number of nitrogens with zero attached hydrogens (tertiary/aromatic N) is 1. The second kappa shape index (κ2) is 9.45. The molecule has 0 fully saturated rings. The Kier molecular flexibility index (Phi) is 6.95. The molecule has 30 heavy (non-hydrogen) atoms. The van der Waals surface area contributed by atoms with E-state index in [4.69, 9.17) is 16.0 Å². The van der Waals surface area contributed by atoms with Gasteiger partial charge in [-0.3, -0.25) is 14.5 Å². The van der Waals surface area contributed by atoms with Crippen LogP contribution in [0.1, 0.15) is 47.1 Å². The average Bonchev–Trinajstić information content (AvgIpc) is 2.73. The minimum atomic E-state index is -0.420. The molecule has 0 saturated carbocycles. The van der Waals surface area contributed by atoms with Crippen LogP contribution in [0.2, 0.25) is 5.02 Å². The lowest BCUT2D eigenvalue weighted by Crippen LogP contribution is -2.38. The number of carbonyl (C=O) groups excluding carboxylic acids is 1. The third-order valence-electron chi connectivity index (χ3n) is 5.54. The van der Waals surface area contributed by atoms with E-state index in [1.54, 1.807) is 12.1 Å². The van der Waals surface area contributed by atoms with E-state index in [1.807, 2.05) is 38.1 Å². The van der Waals surface area contributed by atoms with Crippen LogP contribution < -0.4 is 10.7 Å². The van der Waals surface area contributed by atoms with Gasteiger partial charge in [0.25, 0.3) is 5.91 Å². The largest absolute Gasteiger partial charge is 0.451 e. The third kappa shape index (κ3) is 4.58. The molecule has 1 heterocycles. The van der Waals surface area contributed by atoms with E-state index in [2.05, 4.69) is 24.1 Å². The summed E-state index contributed by atoms with van der Waals surface area (Å²) >= 11 is 6.42. The summed E-state index contributed by atoms with van der Waals surface area (Å²) in [6.45, 7) is 10.00. The Morgan fingerprint density at radius 3 is 2.43 bits per heavy atom. The zero-order valence-electron chi connectivity index (χ0n) is 17.8. The van der Waals surface area contributed by atoms with E-state index < -0.39 is 5.91 Å². The lowest BCUT2D eigenvalue weighted by atomic mass is 10.0. The smallest absolute Gasteiger partial charge is 0.287 e. The SMILES string of the molecule is CCN(CC)[C@H](CNC(=O)c1cc(=O)c2cc(C)c(C)cc2o1)c1ccccc1Cl. The van der Waals surface area contributed by atoms with Crippen molar-refractivity contribution in [3.8, 4) is 0 Å². The number of aryl methyl sites for hydroxylation is 2. The highest BCUT2D eigenvalue weighted by molar-refractivity contribution is 6.31. The Hall–Kier alpha value is -2.63. The van der Waals surface area contributed by atoms with E-state index >= 15 is 0 Å². The van der Waals surface area contributed by atoms with Crippen LogP contribution >= 0.6 is 11.6 Å². The van der Waals surface area contributed by atoms with Gasteiger partial charge in [-0.2, -0.15) is 0 Å². The molecule has 1 N–H and O–H groups in total. The molecule has 0 radical (unpaired) electrons. The minimum Gasteiger partial charge on any atom is -0.451 e. The van der Waals surface area contributed by atoms with Gasteiger partial charge in [0, 0.05) is 17.6 Å². The van der Waals surface area contributed by atoms with E-state index in [-0.39, 0.29) is 17.2 Å². The maximum absolute atomic E-state index is 12.8. The number of nitrogens with one attached hydrogen (secondary N) is 1. The molecule has 1 atom stereocenters. The quantitative estimate of drug-likeness (QED) is 0.585. The van der Waals surface area contributed by atoms with Crippen LogP contribution in [0.4, 0.5) is 0 Å². The van der Waals surface area contributed by atoms with Gasteiger partial charge in [0.2, 0.25) is 0 Å². The molecule has 0 spiro atoms. The number of hydrogen-bond donors (Lipinski definition) is 1. The summed E-state index contributed by atoms with van der Waals surface area (Å²) in [5.41, 5.74) is 3.16. The molecule has 0 aliphatic carbocycles. The Morgan fingerprint density at radius 1 is 1.10 bits per heavy atom. The van der Waals surface area contributed by atoms with Crippen LogP contribution in [0, 0.1) is 13.8 Å². The summed E-state index contributed by atoms with van der Waals surface area (Å²) in [5, 5.41) is 4.06. The van der Waals surface area contributed by atoms with Crippen LogP contribution in [-0.2, 0) is 0 Å². The van der Waals surface area contributed by atoms with Gasteiger partial charge >= 0.3 is 0 Å². The molecular formula is C24H27ClN2O3. The Morgan fingerprint density at radius 2 is 1.77 bits per heavy atom. The van der Waals surface area contributed by atoms with Gasteiger partial charge in [-0.25, -0.2) is 0 Å². The molecule has 1 amide bonds. The summed E-state index contributed by atoms with van der Waals surface area (Å²) < 4.78 is 5.76. The van der Waals surface area contributed by atoms with E-state index in [0.29, 0.717) is 22.5 Å². The van der Waals surface area contributed by atoms with Crippen LogP contribution in [0.25, 0.3) is 11.0 Å². The van der Waals surface area contributed by atoms with Gasteiger partial charge in [0.15, 0.2) is 11.2 Å². The van der Waals surface area contributed by atoms with E-state index in [1.165, 1.54) is 6.07 Å². The highest BCUT2D eigenvalue weighted by Crippen LogP contribution is 2.27. The number of fused-ring (bicyclic) bond motifs is 1. The van der Waals surface area contributed by atoms with Gasteiger partial charge in [0.1, 0.15) is 5.58 Å². The highest BCUT2D eigenvalue weighted by Gasteiger charge is 2.22. The number of halogens is 1. The van der Waals surface area contributed by atoms with Gasteiger partial charge < -0.3 is 9.73 Å². The molecule has 0 bridgehead atoms. The Labute approximate surface area is 181 Å². The number of carbonyl (C=O) groups is 1. The fourth-order valence-electron chi connectivity index (χ4n) is 3.65. The molecule has 2 aromatic carbocycles. The van der Waals surface area contributed by atoms with Crippen molar-refractivity contribution in [2.45, 2.75) is 33.7 Å². The Balaban J connectivity index is 1.87. The molecule has 0 saturated heterocycles. The normalized spacial score (nSPS) is 12.3. The molecule has 0 aliphatic heterocycles. The zero-order chi connectivity index (χ0) is 21.8. The van der Waals surface area contributed by atoms with Crippen molar-refractivity contribution in [3.05, 3.63) is 80.2 Å². The lowest BCUT2D eigenvalue weighted by molar-refractivity contribution is 0.0908. The lowest BCUT2D eigenvalue weighted by Gasteiger charge is -2.30. The van der Waals surface area contributed by atoms with E-state index in [0.717, 1.165) is 29.8 Å². The predicted octanol–water partition coefficient (Wildman–Crippen LogP) is 4.88. The van der Waals surface area contributed by atoms with Gasteiger partial charge in [0.05, 0.1) is 11.4 Å². The first-order valence-electron chi connectivity index (χ1n) is 10.2.